The number of nitrogens with one attached hydrogen (secondary N) is 1. The molecule has 0 aliphatic heterocycles. The number of rotatable bonds is 3. The number of halogens is 1. The van der Waals surface area contributed by atoms with Crippen molar-refractivity contribution in [1.29, 1.82) is 0 Å². The average Bonchev–Trinajstić information content (AvgIpc) is 2.46. The highest BCUT2D eigenvalue weighted by Gasteiger charge is 2.18. The Balaban J connectivity index is 2.96. The van der Waals surface area contributed by atoms with Crippen LogP contribution in [0.1, 0.15) is 23.1 Å². The number of Topliss-reactive ketones (excluding diaryl/α,β-unsaturated/α-hetero) is 1. The molecular weight excluding hydrogens is 252 g/mol. The van der Waals surface area contributed by atoms with E-state index in [0.717, 1.165) is 0 Å². The molecule has 6 heteroatoms. The maximum atomic E-state index is 11.1. The van der Waals surface area contributed by atoms with Gasteiger partial charge in [0.2, 0.25) is 0 Å². The molecule has 1 aromatic heterocycles. The van der Waals surface area contributed by atoms with Gasteiger partial charge in [-0.15, -0.1) is 0 Å². The maximum absolute atomic E-state index is 11.1. The van der Waals surface area contributed by atoms with Crippen molar-refractivity contribution < 1.29 is 14.3 Å². The number of carbonyl (C=O) groups excluding carboxylic acids is 2. The van der Waals surface area contributed by atoms with Crippen LogP contribution in [-0.4, -0.2) is 29.1 Å². The first-order valence-electron chi connectivity index (χ1n) is 3.86. The molecule has 0 aliphatic rings. The van der Waals surface area contributed by atoms with Gasteiger partial charge in [0.15, 0.2) is 5.69 Å². The number of nitrogens with zero attached hydrogens (tertiary/aromatic N) is 1. The van der Waals surface area contributed by atoms with E-state index in [1.807, 2.05) is 0 Å². The third-order valence-corrected chi connectivity index (χ3v) is 2.43. The highest BCUT2D eigenvalue weighted by molar-refractivity contribution is 9.10. The third kappa shape index (κ3) is 2.20. The zero-order valence-electron chi connectivity index (χ0n) is 7.76. The van der Waals surface area contributed by atoms with Gasteiger partial charge in [0.1, 0.15) is 5.78 Å². The maximum Gasteiger partial charge on any atom is 0.359 e. The third-order valence-electron chi connectivity index (χ3n) is 1.58. The number of carbonyl (C=O) groups is 2. The first-order valence-corrected chi connectivity index (χ1v) is 4.66. The van der Waals surface area contributed by atoms with Crippen LogP contribution in [0, 0.1) is 0 Å². The molecule has 0 spiro atoms. The number of methoxy groups -OCH3 is 1. The van der Waals surface area contributed by atoms with E-state index < -0.39 is 5.97 Å². The predicted octanol–water partition coefficient (Wildman–Crippen LogP) is 1.09. The largest absolute Gasteiger partial charge is 0.464 e. The second kappa shape index (κ2) is 4.36. The molecule has 0 aliphatic carbocycles. The Morgan fingerprint density at radius 2 is 2.21 bits per heavy atom. The minimum atomic E-state index is -0.539. The van der Waals surface area contributed by atoms with Crippen LogP contribution in [0.2, 0.25) is 0 Å². The molecule has 1 aromatic rings. The van der Waals surface area contributed by atoms with Crippen LogP contribution in [0.4, 0.5) is 0 Å². The number of hydrogen-bond donors (Lipinski definition) is 1. The lowest BCUT2D eigenvalue weighted by atomic mass is 10.2. The lowest BCUT2D eigenvalue weighted by molar-refractivity contribution is -0.116. The van der Waals surface area contributed by atoms with E-state index in [-0.39, 0.29) is 17.9 Å². The molecular formula is C8H9BrN2O3. The van der Waals surface area contributed by atoms with Gasteiger partial charge >= 0.3 is 5.97 Å². The molecule has 0 radical (unpaired) electrons. The number of ether oxygens (including phenoxy) is 1. The fraction of sp³-hybridized carbons (Fsp3) is 0.375. The monoisotopic (exact) mass is 260 g/mol. The van der Waals surface area contributed by atoms with Crippen LogP contribution in [0.25, 0.3) is 0 Å². The standard InChI is InChI=1S/C8H9BrN2O3/c1-4(12)3-5-6(9)7(11-10-5)8(13)14-2/h3H2,1-2H3,(H,10,11). The summed E-state index contributed by atoms with van der Waals surface area (Å²) >= 11 is 3.17. The van der Waals surface area contributed by atoms with Gasteiger partial charge in [-0.1, -0.05) is 0 Å². The van der Waals surface area contributed by atoms with Gasteiger partial charge in [0, 0.05) is 6.42 Å². The van der Waals surface area contributed by atoms with E-state index in [0.29, 0.717) is 10.2 Å². The molecule has 14 heavy (non-hydrogen) atoms. The van der Waals surface area contributed by atoms with E-state index in [4.69, 9.17) is 0 Å². The molecule has 76 valence electrons. The molecule has 0 amide bonds. The van der Waals surface area contributed by atoms with Crippen LogP contribution >= 0.6 is 15.9 Å². The van der Waals surface area contributed by atoms with Gasteiger partial charge in [0.05, 0.1) is 17.3 Å². The van der Waals surface area contributed by atoms with E-state index in [1.165, 1.54) is 14.0 Å². The van der Waals surface area contributed by atoms with E-state index >= 15 is 0 Å². The quantitative estimate of drug-likeness (QED) is 0.826. The van der Waals surface area contributed by atoms with Gasteiger partial charge in [0.25, 0.3) is 0 Å². The summed E-state index contributed by atoms with van der Waals surface area (Å²) in [4.78, 5) is 21.9. The van der Waals surface area contributed by atoms with Crippen LogP contribution in [0.3, 0.4) is 0 Å². The average molecular weight is 261 g/mol. The molecule has 5 nitrogen and oxygen atoms in total. The van der Waals surface area contributed by atoms with Crippen LogP contribution < -0.4 is 0 Å². The second-order valence-corrected chi connectivity index (χ2v) is 3.53. The molecule has 0 aromatic carbocycles. The molecule has 0 saturated heterocycles. The summed E-state index contributed by atoms with van der Waals surface area (Å²) in [5.74, 6) is -0.548. The summed E-state index contributed by atoms with van der Waals surface area (Å²) < 4.78 is 4.98. The molecule has 0 unspecified atom stereocenters. The summed E-state index contributed by atoms with van der Waals surface area (Å²) in [6.07, 6.45) is 0.213. The zero-order chi connectivity index (χ0) is 10.7. The zero-order valence-corrected chi connectivity index (χ0v) is 9.34. The van der Waals surface area contributed by atoms with Gasteiger partial charge in [-0.05, 0) is 22.9 Å². The summed E-state index contributed by atoms with van der Waals surface area (Å²) in [7, 11) is 1.27. The SMILES string of the molecule is COC(=O)c1n[nH]c(CC(C)=O)c1Br. The van der Waals surface area contributed by atoms with Crippen LogP contribution in [0.5, 0.6) is 0 Å². The minimum Gasteiger partial charge on any atom is -0.464 e. The van der Waals surface area contributed by atoms with Gasteiger partial charge in [-0.3, -0.25) is 9.89 Å². The molecule has 1 heterocycles. The van der Waals surface area contributed by atoms with Crippen molar-refractivity contribution in [2.24, 2.45) is 0 Å². The van der Waals surface area contributed by atoms with Crippen LogP contribution in [0.15, 0.2) is 4.47 Å². The number of hydrogen-bond acceptors (Lipinski definition) is 4. The Morgan fingerprint density at radius 3 is 2.71 bits per heavy atom. The van der Waals surface area contributed by atoms with Crippen molar-refractivity contribution in [2.45, 2.75) is 13.3 Å². The lowest BCUT2D eigenvalue weighted by Crippen LogP contribution is -2.02. The molecule has 1 rings (SSSR count). The summed E-state index contributed by atoms with van der Waals surface area (Å²) in [6, 6.07) is 0. The Morgan fingerprint density at radius 1 is 1.57 bits per heavy atom. The lowest BCUT2D eigenvalue weighted by Gasteiger charge is -1.95. The van der Waals surface area contributed by atoms with Crippen LogP contribution in [-0.2, 0) is 16.0 Å². The van der Waals surface area contributed by atoms with Crippen molar-refractivity contribution >= 4 is 27.7 Å². The number of esters is 1. The summed E-state index contributed by atoms with van der Waals surface area (Å²) in [5.41, 5.74) is 0.738. The Hall–Kier alpha value is -1.17. The number of aromatic nitrogens is 2. The molecule has 0 fully saturated rings. The molecule has 0 bridgehead atoms. The predicted molar refractivity (Wildman–Crippen MR) is 52.0 cm³/mol. The molecule has 0 saturated carbocycles. The number of ketones is 1. The summed E-state index contributed by atoms with van der Waals surface area (Å²) in [5, 5.41) is 6.34. The Kier molecular flexibility index (Phi) is 3.40. The van der Waals surface area contributed by atoms with Crippen molar-refractivity contribution in [3.8, 4) is 0 Å². The van der Waals surface area contributed by atoms with Crippen molar-refractivity contribution in [3.63, 3.8) is 0 Å². The second-order valence-electron chi connectivity index (χ2n) is 2.74. The Labute approximate surface area is 89.0 Å². The fourth-order valence-corrected chi connectivity index (χ4v) is 1.44. The van der Waals surface area contributed by atoms with Crippen molar-refractivity contribution in [2.75, 3.05) is 7.11 Å². The smallest absolute Gasteiger partial charge is 0.359 e. The van der Waals surface area contributed by atoms with Gasteiger partial charge in [-0.25, -0.2) is 4.79 Å². The molecule has 0 atom stereocenters. The molecule has 1 N–H and O–H groups in total. The summed E-state index contributed by atoms with van der Waals surface area (Å²) in [6.45, 7) is 1.46. The van der Waals surface area contributed by atoms with Gasteiger partial charge < -0.3 is 4.74 Å². The first kappa shape index (κ1) is 10.9. The number of aromatic amines is 1. The van der Waals surface area contributed by atoms with Crippen molar-refractivity contribution in [3.05, 3.63) is 15.9 Å². The minimum absolute atomic E-state index is 0.00855. The normalized spacial score (nSPS) is 9.93. The first-order chi connectivity index (χ1) is 6.56. The van der Waals surface area contributed by atoms with Crippen molar-refractivity contribution in [1.82, 2.24) is 10.2 Å². The topological polar surface area (TPSA) is 72.0 Å². The van der Waals surface area contributed by atoms with E-state index in [9.17, 15) is 9.59 Å². The number of H-pyrrole nitrogens is 1. The fourth-order valence-electron chi connectivity index (χ4n) is 0.962. The van der Waals surface area contributed by atoms with E-state index in [1.54, 1.807) is 0 Å². The highest BCUT2D eigenvalue weighted by Crippen LogP contribution is 2.20. The van der Waals surface area contributed by atoms with Gasteiger partial charge in [-0.2, -0.15) is 5.10 Å². The van der Waals surface area contributed by atoms with E-state index in [2.05, 4.69) is 30.9 Å². The highest BCUT2D eigenvalue weighted by atomic mass is 79.9. The Bertz CT molecular complexity index is 373.